The van der Waals surface area contributed by atoms with E-state index in [9.17, 15) is 9.59 Å². The predicted molar refractivity (Wildman–Crippen MR) is 108 cm³/mol. The number of thioether (sulfide) groups is 2. The van der Waals surface area contributed by atoms with E-state index in [2.05, 4.69) is 0 Å². The first kappa shape index (κ1) is 16.2. The van der Waals surface area contributed by atoms with Crippen LogP contribution in [0.1, 0.15) is 46.4 Å². The Balaban J connectivity index is 1.72. The van der Waals surface area contributed by atoms with Gasteiger partial charge in [-0.2, -0.15) is 0 Å². The van der Waals surface area contributed by atoms with Crippen LogP contribution in [0, 0.1) is 0 Å². The number of Topliss-reactive ketones (excluding diaryl/α,β-unsaturated/α-hetero) is 2. The monoisotopic (exact) mass is 376 g/mol. The first-order valence-electron chi connectivity index (χ1n) is 8.84. The highest BCUT2D eigenvalue weighted by atomic mass is 32.2. The Bertz CT molecular complexity index is 950. The highest BCUT2D eigenvalue weighted by Gasteiger charge is 2.35. The SMILES string of the molecule is O=C1C(=C2SC3=C(CCCC3)S2)C(=O)c2ccccc2-c2ccccc21. The summed E-state index contributed by atoms with van der Waals surface area (Å²) in [5, 5.41) is 0. The molecule has 0 amide bonds. The number of ketones is 2. The summed E-state index contributed by atoms with van der Waals surface area (Å²) in [6, 6.07) is 15.1. The zero-order valence-corrected chi connectivity index (χ0v) is 15.7. The van der Waals surface area contributed by atoms with E-state index in [0.717, 1.165) is 28.2 Å². The number of allylic oxidation sites excluding steroid dienone is 3. The fraction of sp³-hybridized carbons (Fsp3) is 0.182. The van der Waals surface area contributed by atoms with E-state index in [1.165, 1.54) is 22.7 Å². The molecule has 2 aliphatic carbocycles. The lowest BCUT2D eigenvalue weighted by Crippen LogP contribution is -2.13. The molecule has 5 rings (SSSR count). The van der Waals surface area contributed by atoms with Crippen LogP contribution in [-0.4, -0.2) is 11.6 Å². The second kappa shape index (κ2) is 6.29. The molecule has 2 nitrogen and oxygen atoms in total. The highest BCUT2D eigenvalue weighted by molar-refractivity contribution is 8.28. The Kier molecular flexibility index (Phi) is 3.91. The van der Waals surface area contributed by atoms with Crippen molar-refractivity contribution in [2.24, 2.45) is 0 Å². The molecule has 1 aliphatic heterocycles. The van der Waals surface area contributed by atoms with E-state index in [0.29, 0.717) is 16.7 Å². The minimum Gasteiger partial charge on any atom is -0.288 e. The maximum atomic E-state index is 13.4. The Morgan fingerprint density at radius 2 is 1.04 bits per heavy atom. The third-order valence-electron chi connectivity index (χ3n) is 5.09. The van der Waals surface area contributed by atoms with E-state index >= 15 is 0 Å². The van der Waals surface area contributed by atoms with Crippen LogP contribution in [0.4, 0.5) is 0 Å². The van der Waals surface area contributed by atoms with Gasteiger partial charge in [-0.05, 0) is 36.8 Å². The van der Waals surface area contributed by atoms with Gasteiger partial charge >= 0.3 is 0 Å². The third kappa shape index (κ3) is 2.43. The van der Waals surface area contributed by atoms with Crippen LogP contribution < -0.4 is 0 Å². The van der Waals surface area contributed by atoms with Crippen LogP contribution in [-0.2, 0) is 0 Å². The first-order valence-corrected chi connectivity index (χ1v) is 10.5. The molecule has 2 aromatic rings. The predicted octanol–water partition coefficient (Wildman–Crippen LogP) is 6.21. The number of hydrogen-bond acceptors (Lipinski definition) is 4. The molecule has 0 saturated heterocycles. The molecule has 2 aromatic carbocycles. The van der Waals surface area contributed by atoms with Crippen LogP contribution in [0.2, 0.25) is 0 Å². The van der Waals surface area contributed by atoms with E-state index in [4.69, 9.17) is 0 Å². The van der Waals surface area contributed by atoms with Gasteiger partial charge in [-0.1, -0.05) is 72.1 Å². The molecule has 0 atom stereocenters. The average Bonchev–Trinajstić information content (AvgIpc) is 3.08. The standard InChI is InChI=1S/C22H16O2S2/c23-20-15-9-3-1-7-13(15)14-8-2-4-10-16(14)21(24)19(20)22-25-17-11-5-6-12-18(17)26-22/h1-4,7-10H,5-6,11-12H2. The molecular formula is C22H16O2S2. The maximum Gasteiger partial charge on any atom is 0.199 e. The smallest absolute Gasteiger partial charge is 0.199 e. The number of fused-ring (bicyclic) bond motifs is 3. The van der Waals surface area contributed by atoms with Crippen molar-refractivity contribution in [1.82, 2.24) is 0 Å². The number of benzene rings is 2. The largest absolute Gasteiger partial charge is 0.288 e. The molecule has 1 heterocycles. The molecule has 26 heavy (non-hydrogen) atoms. The quantitative estimate of drug-likeness (QED) is 0.404. The summed E-state index contributed by atoms with van der Waals surface area (Å²) in [6.07, 6.45) is 4.53. The summed E-state index contributed by atoms with van der Waals surface area (Å²) in [5.41, 5.74) is 3.30. The van der Waals surface area contributed by atoms with Crippen LogP contribution in [0.15, 0.2) is 68.2 Å². The maximum absolute atomic E-state index is 13.4. The van der Waals surface area contributed by atoms with Gasteiger partial charge < -0.3 is 0 Å². The van der Waals surface area contributed by atoms with E-state index < -0.39 is 0 Å². The van der Waals surface area contributed by atoms with Gasteiger partial charge in [-0.3, -0.25) is 9.59 Å². The van der Waals surface area contributed by atoms with Gasteiger partial charge in [-0.25, -0.2) is 0 Å². The second-order valence-electron chi connectivity index (χ2n) is 6.67. The van der Waals surface area contributed by atoms with Crippen LogP contribution in [0.5, 0.6) is 0 Å². The van der Waals surface area contributed by atoms with Crippen molar-refractivity contribution in [3.8, 4) is 11.1 Å². The van der Waals surface area contributed by atoms with Gasteiger partial charge in [0.2, 0.25) is 0 Å². The van der Waals surface area contributed by atoms with Crippen LogP contribution in [0.3, 0.4) is 0 Å². The molecule has 0 radical (unpaired) electrons. The summed E-state index contributed by atoms with van der Waals surface area (Å²) < 4.78 is 0.874. The molecule has 3 aliphatic rings. The minimum atomic E-state index is -0.142. The summed E-state index contributed by atoms with van der Waals surface area (Å²) in [7, 11) is 0. The molecule has 0 aromatic heterocycles. The lowest BCUT2D eigenvalue weighted by molar-refractivity contribution is 0.0965. The average molecular weight is 377 g/mol. The van der Waals surface area contributed by atoms with Crippen LogP contribution >= 0.6 is 23.5 Å². The molecule has 0 saturated carbocycles. The molecule has 4 heteroatoms. The zero-order chi connectivity index (χ0) is 17.7. The summed E-state index contributed by atoms with van der Waals surface area (Å²) in [5.74, 6) is -0.284. The third-order valence-corrected chi connectivity index (χ3v) is 7.89. The van der Waals surface area contributed by atoms with Crippen molar-refractivity contribution in [3.05, 3.63) is 79.3 Å². The first-order chi connectivity index (χ1) is 12.7. The Morgan fingerprint density at radius 1 is 0.615 bits per heavy atom. The van der Waals surface area contributed by atoms with Crippen molar-refractivity contribution in [2.45, 2.75) is 25.7 Å². The van der Waals surface area contributed by atoms with Gasteiger partial charge in [0.25, 0.3) is 0 Å². The number of rotatable bonds is 0. The normalized spacial score (nSPS) is 19.2. The topological polar surface area (TPSA) is 34.1 Å². The molecule has 128 valence electrons. The van der Waals surface area contributed by atoms with Crippen molar-refractivity contribution < 1.29 is 9.59 Å². The zero-order valence-electron chi connectivity index (χ0n) is 14.1. The van der Waals surface area contributed by atoms with Crippen molar-refractivity contribution in [2.75, 3.05) is 0 Å². The molecule has 0 unspecified atom stereocenters. The lowest BCUT2D eigenvalue weighted by Gasteiger charge is -2.09. The summed E-state index contributed by atoms with van der Waals surface area (Å²) >= 11 is 3.30. The van der Waals surface area contributed by atoms with Crippen molar-refractivity contribution >= 4 is 35.1 Å². The Morgan fingerprint density at radius 3 is 1.50 bits per heavy atom. The van der Waals surface area contributed by atoms with Gasteiger partial charge in [0.05, 0.1) is 9.81 Å². The molecule has 0 spiro atoms. The highest BCUT2D eigenvalue weighted by Crippen LogP contribution is 2.56. The van der Waals surface area contributed by atoms with Crippen molar-refractivity contribution in [3.63, 3.8) is 0 Å². The van der Waals surface area contributed by atoms with Gasteiger partial charge in [0, 0.05) is 20.9 Å². The number of carbonyl (C=O) groups is 2. The van der Waals surface area contributed by atoms with Gasteiger partial charge in [0.15, 0.2) is 11.6 Å². The van der Waals surface area contributed by atoms with E-state index in [1.807, 2.05) is 48.5 Å². The fourth-order valence-corrected chi connectivity index (χ4v) is 6.77. The summed E-state index contributed by atoms with van der Waals surface area (Å²) in [6.45, 7) is 0. The fourth-order valence-electron chi connectivity index (χ4n) is 3.80. The second-order valence-corrected chi connectivity index (χ2v) is 9.14. The Hall–Kier alpha value is -2.04. The van der Waals surface area contributed by atoms with E-state index in [1.54, 1.807) is 23.5 Å². The molecule has 0 N–H and O–H groups in total. The Labute approximate surface area is 160 Å². The van der Waals surface area contributed by atoms with Crippen LogP contribution in [0.25, 0.3) is 11.1 Å². The van der Waals surface area contributed by atoms with Gasteiger partial charge in [0.1, 0.15) is 0 Å². The summed E-state index contributed by atoms with van der Waals surface area (Å²) in [4.78, 5) is 29.5. The minimum absolute atomic E-state index is 0.142. The lowest BCUT2D eigenvalue weighted by atomic mass is 9.96. The number of hydrogen-bond donors (Lipinski definition) is 0. The van der Waals surface area contributed by atoms with Crippen molar-refractivity contribution in [1.29, 1.82) is 0 Å². The van der Waals surface area contributed by atoms with Gasteiger partial charge in [-0.15, -0.1) is 0 Å². The molecule has 0 bridgehead atoms. The number of carbonyl (C=O) groups excluding carboxylic acids is 2. The molecular weight excluding hydrogens is 360 g/mol. The molecule has 0 fully saturated rings. The van der Waals surface area contributed by atoms with E-state index in [-0.39, 0.29) is 11.6 Å².